The van der Waals surface area contributed by atoms with Crippen LogP contribution in [-0.2, 0) is 10.5 Å². The largest absolute Gasteiger partial charge is 0.328 e. The molecule has 4 aromatic rings. The Labute approximate surface area is 210 Å². The number of nitrogens with zero attached hydrogens (tertiary/aromatic N) is 5. The minimum absolute atomic E-state index is 0.0490. The molecule has 5 rings (SSSR count). The molecule has 0 saturated heterocycles. The zero-order chi connectivity index (χ0) is 25.1. The molecule has 10 nitrogen and oxygen atoms in total. The number of hydrogen-bond acceptors (Lipinski definition) is 8. The lowest BCUT2D eigenvalue weighted by atomic mass is 9.95. The number of nitro groups is 1. The number of aromatic nitrogens is 4. The maximum absolute atomic E-state index is 13.4. The molecular weight excluding hydrogens is 478 g/mol. The van der Waals surface area contributed by atoms with Crippen molar-refractivity contribution in [1.29, 1.82) is 0 Å². The number of rotatable bonds is 7. The summed E-state index contributed by atoms with van der Waals surface area (Å²) in [5.41, 5.74) is 3.65. The Hall–Kier alpha value is -4.51. The van der Waals surface area contributed by atoms with E-state index in [0.717, 1.165) is 11.1 Å². The van der Waals surface area contributed by atoms with Gasteiger partial charge in [-0.05, 0) is 30.2 Å². The van der Waals surface area contributed by atoms with Crippen molar-refractivity contribution >= 4 is 35.0 Å². The third-order valence-electron chi connectivity index (χ3n) is 5.63. The SMILES string of the molecule is CC1=C(C(=O)Nc2cccnc2)C(c2ccccc2)n2nc(SCc3ccc([N+](=O)[O-])cc3)nc2N1. The Morgan fingerprint density at radius 3 is 2.61 bits per heavy atom. The van der Waals surface area contributed by atoms with E-state index in [4.69, 9.17) is 5.10 Å². The van der Waals surface area contributed by atoms with Crippen LogP contribution in [0.25, 0.3) is 0 Å². The highest BCUT2D eigenvalue weighted by Crippen LogP contribution is 2.37. The van der Waals surface area contributed by atoms with Crippen molar-refractivity contribution < 1.29 is 9.72 Å². The Bertz CT molecular complexity index is 1440. The summed E-state index contributed by atoms with van der Waals surface area (Å²) in [4.78, 5) is 32.6. The number of carbonyl (C=O) groups excluding carboxylic acids is 1. The number of nitrogens with one attached hydrogen (secondary N) is 2. The number of anilines is 2. The Morgan fingerprint density at radius 1 is 1.14 bits per heavy atom. The molecule has 2 aromatic heterocycles. The van der Waals surface area contributed by atoms with Crippen molar-refractivity contribution in [2.75, 3.05) is 10.6 Å². The van der Waals surface area contributed by atoms with Crippen molar-refractivity contribution in [1.82, 2.24) is 19.7 Å². The van der Waals surface area contributed by atoms with Gasteiger partial charge in [0.15, 0.2) is 0 Å². The predicted octanol–water partition coefficient (Wildman–Crippen LogP) is 4.80. The summed E-state index contributed by atoms with van der Waals surface area (Å²) in [7, 11) is 0. The lowest BCUT2D eigenvalue weighted by molar-refractivity contribution is -0.384. The van der Waals surface area contributed by atoms with Crippen LogP contribution in [-0.4, -0.2) is 30.6 Å². The fraction of sp³-hybridized carbons (Fsp3) is 0.120. The van der Waals surface area contributed by atoms with E-state index in [1.807, 2.05) is 37.3 Å². The molecule has 3 heterocycles. The lowest BCUT2D eigenvalue weighted by Gasteiger charge is -2.28. The van der Waals surface area contributed by atoms with Crippen molar-refractivity contribution in [2.24, 2.45) is 0 Å². The second-order valence-corrected chi connectivity index (χ2v) is 8.99. The topological polar surface area (TPSA) is 128 Å². The van der Waals surface area contributed by atoms with Gasteiger partial charge in [0.25, 0.3) is 11.6 Å². The standard InChI is InChI=1S/C25H21N7O3S/c1-16-21(23(33)28-19-8-5-13-26-14-19)22(18-6-3-2-4-7-18)31-24(27-16)29-25(30-31)36-15-17-9-11-20(12-10-17)32(34)35/h2-14,22H,15H2,1H3,(H,28,33)(H,27,29,30). The molecular formula is C25H21N7O3S. The normalized spacial score (nSPS) is 14.6. The molecule has 2 N–H and O–H groups in total. The molecule has 0 aliphatic carbocycles. The molecule has 36 heavy (non-hydrogen) atoms. The van der Waals surface area contributed by atoms with Gasteiger partial charge in [-0.3, -0.25) is 19.9 Å². The maximum atomic E-state index is 13.4. The first kappa shape index (κ1) is 23.2. The average molecular weight is 500 g/mol. The first-order chi connectivity index (χ1) is 17.5. The fourth-order valence-electron chi connectivity index (χ4n) is 3.93. The second-order valence-electron chi connectivity index (χ2n) is 8.05. The molecule has 1 aliphatic rings. The molecule has 0 bridgehead atoms. The summed E-state index contributed by atoms with van der Waals surface area (Å²) >= 11 is 1.41. The van der Waals surface area contributed by atoms with Crippen molar-refractivity contribution in [3.63, 3.8) is 0 Å². The van der Waals surface area contributed by atoms with E-state index in [9.17, 15) is 14.9 Å². The summed E-state index contributed by atoms with van der Waals surface area (Å²) in [6, 6.07) is 19.1. The Morgan fingerprint density at radius 2 is 1.92 bits per heavy atom. The van der Waals surface area contributed by atoms with E-state index in [1.165, 1.54) is 23.9 Å². The molecule has 2 aromatic carbocycles. The maximum Gasteiger partial charge on any atom is 0.269 e. The summed E-state index contributed by atoms with van der Waals surface area (Å²) in [5, 5.41) is 22.3. The van der Waals surface area contributed by atoms with Crippen molar-refractivity contribution in [3.05, 3.63) is 112 Å². The molecule has 1 unspecified atom stereocenters. The molecule has 0 spiro atoms. The van der Waals surface area contributed by atoms with Crippen LogP contribution >= 0.6 is 11.8 Å². The smallest absolute Gasteiger partial charge is 0.269 e. The second kappa shape index (κ2) is 10.0. The quantitative estimate of drug-likeness (QED) is 0.211. The van der Waals surface area contributed by atoms with E-state index in [2.05, 4.69) is 20.6 Å². The molecule has 180 valence electrons. The van der Waals surface area contributed by atoms with Gasteiger partial charge in [0.1, 0.15) is 6.04 Å². The third-order valence-corrected chi connectivity index (χ3v) is 6.54. The van der Waals surface area contributed by atoms with Gasteiger partial charge in [-0.1, -0.05) is 54.2 Å². The number of hydrogen-bond donors (Lipinski definition) is 2. The molecule has 1 amide bonds. The van der Waals surface area contributed by atoms with Gasteiger partial charge in [-0.15, -0.1) is 5.10 Å². The number of non-ortho nitro benzene ring substituents is 1. The highest BCUT2D eigenvalue weighted by molar-refractivity contribution is 7.98. The number of thioether (sulfide) groups is 1. The van der Waals surface area contributed by atoms with E-state index in [-0.39, 0.29) is 11.6 Å². The average Bonchev–Trinajstić information content (AvgIpc) is 3.30. The van der Waals surface area contributed by atoms with Gasteiger partial charge in [0, 0.05) is 29.8 Å². The van der Waals surface area contributed by atoms with Crippen LogP contribution in [0, 0.1) is 10.1 Å². The van der Waals surface area contributed by atoms with Crippen LogP contribution in [0.1, 0.15) is 24.1 Å². The number of amides is 1. The Kier molecular flexibility index (Phi) is 6.46. The number of nitro benzene ring substituents is 1. The number of carbonyl (C=O) groups is 1. The van der Waals surface area contributed by atoms with Crippen molar-refractivity contribution in [3.8, 4) is 0 Å². The van der Waals surface area contributed by atoms with Crippen molar-refractivity contribution in [2.45, 2.75) is 23.9 Å². The van der Waals surface area contributed by atoms with E-state index < -0.39 is 11.0 Å². The zero-order valence-corrected chi connectivity index (χ0v) is 20.0. The minimum atomic E-state index is -0.486. The predicted molar refractivity (Wildman–Crippen MR) is 136 cm³/mol. The molecule has 0 fully saturated rings. The van der Waals surface area contributed by atoms with Gasteiger partial charge in [0.05, 0.1) is 22.4 Å². The highest BCUT2D eigenvalue weighted by atomic mass is 32.2. The monoisotopic (exact) mass is 499 g/mol. The van der Waals surface area contributed by atoms with Crippen LogP contribution in [0.15, 0.2) is 95.6 Å². The fourth-order valence-corrected chi connectivity index (χ4v) is 4.71. The van der Waals surface area contributed by atoms with Gasteiger partial charge in [-0.25, -0.2) is 4.68 Å². The summed E-state index contributed by atoms with van der Waals surface area (Å²) in [6.07, 6.45) is 3.24. The Balaban J connectivity index is 1.43. The van der Waals surface area contributed by atoms with Crippen LogP contribution in [0.5, 0.6) is 0 Å². The first-order valence-corrected chi connectivity index (χ1v) is 12.0. The number of allylic oxidation sites excluding steroid dienone is 1. The van der Waals surface area contributed by atoms with E-state index in [0.29, 0.717) is 33.8 Å². The molecule has 1 aliphatic heterocycles. The third kappa shape index (κ3) is 4.82. The summed E-state index contributed by atoms with van der Waals surface area (Å²) in [6.45, 7) is 1.84. The van der Waals surface area contributed by atoms with Crippen LogP contribution in [0.4, 0.5) is 17.3 Å². The van der Waals surface area contributed by atoms with Crippen LogP contribution in [0.2, 0.25) is 0 Å². The number of pyridine rings is 1. The number of fused-ring (bicyclic) bond motifs is 1. The highest BCUT2D eigenvalue weighted by Gasteiger charge is 2.34. The minimum Gasteiger partial charge on any atom is -0.328 e. The molecule has 1 atom stereocenters. The van der Waals surface area contributed by atoms with Gasteiger partial charge < -0.3 is 10.6 Å². The van der Waals surface area contributed by atoms with Gasteiger partial charge >= 0.3 is 0 Å². The lowest BCUT2D eigenvalue weighted by Crippen LogP contribution is -2.31. The van der Waals surface area contributed by atoms with E-state index >= 15 is 0 Å². The first-order valence-electron chi connectivity index (χ1n) is 11.1. The van der Waals surface area contributed by atoms with E-state index in [1.54, 1.807) is 41.3 Å². The zero-order valence-electron chi connectivity index (χ0n) is 19.2. The van der Waals surface area contributed by atoms with Crippen LogP contribution < -0.4 is 10.6 Å². The molecule has 0 saturated carbocycles. The molecule has 0 radical (unpaired) electrons. The number of benzene rings is 2. The van der Waals surface area contributed by atoms with Crippen LogP contribution in [0.3, 0.4) is 0 Å². The summed E-state index contributed by atoms with van der Waals surface area (Å²) < 4.78 is 1.72. The molecule has 11 heteroatoms. The van der Waals surface area contributed by atoms with Gasteiger partial charge in [-0.2, -0.15) is 4.98 Å². The summed E-state index contributed by atoms with van der Waals surface area (Å²) in [5.74, 6) is 0.812. The van der Waals surface area contributed by atoms with Gasteiger partial charge in [0.2, 0.25) is 11.1 Å².